The molecular formula is C19H15N7O2. The second kappa shape index (κ2) is 7.62. The van der Waals surface area contributed by atoms with Gasteiger partial charge in [0.25, 0.3) is 5.91 Å². The summed E-state index contributed by atoms with van der Waals surface area (Å²) in [6.45, 7) is 1.89. The molecule has 9 heteroatoms. The molecule has 138 valence electrons. The Labute approximate surface area is 160 Å². The van der Waals surface area contributed by atoms with Crippen molar-refractivity contribution in [2.75, 3.05) is 5.32 Å². The van der Waals surface area contributed by atoms with Crippen LogP contribution >= 0.6 is 0 Å². The van der Waals surface area contributed by atoms with Crippen LogP contribution in [-0.2, 0) is 0 Å². The number of aromatic nitrogens is 6. The molecule has 4 rings (SSSR count). The Bertz CT molecular complexity index is 1090. The van der Waals surface area contributed by atoms with Gasteiger partial charge in [-0.25, -0.2) is 19.9 Å². The molecule has 3 heterocycles. The quantitative estimate of drug-likeness (QED) is 0.573. The minimum Gasteiger partial charge on any atom is -0.439 e. The fraction of sp³-hybridized carbons (Fsp3) is 0.0526. The van der Waals surface area contributed by atoms with Crippen LogP contribution < -0.4 is 10.1 Å². The Balaban J connectivity index is 1.45. The summed E-state index contributed by atoms with van der Waals surface area (Å²) >= 11 is 0. The summed E-state index contributed by atoms with van der Waals surface area (Å²) in [6, 6.07) is 8.64. The lowest BCUT2D eigenvalue weighted by Crippen LogP contribution is -2.13. The molecule has 0 atom stereocenters. The van der Waals surface area contributed by atoms with Crippen LogP contribution in [0.25, 0.3) is 5.82 Å². The van der Waals surface area contributed by atoms with Gasteiger partial charge in [0.1, 0.15) is 29.4 Å². The van der Waals surface area contributed by atoms with E-state index < -0.39 is 0 Å². The summed E-state index contributed by atoms with van der Waals surface area (Å²) in [6.07, 6.45) is 9.33. The maximum absolute atomic E-state index is 12.1. The Kier molecular flexibility index (Phi) is 4.70. The molecule has 0 saturated heterocycles. The summed E-state index contributed by atoms with van der Waals surface area (Å²) in [5.74, 6) is 2.11. The fourth-order valence-corrected chi connectivity index (χ4v) is 2.48. The summed E-state index contributed by atoms with van der Waals surface area (Å²) in [7, 11) is 0. The van der Waals surface area contributed by atoms with Crippen LogP contribution in [0.5, 0.6) is 11.6 Å². The molecule has 0 radical (unpaired) electrons. The molecule has 0 aliphatic carbocycles. The summed E-state index contributed by atoms with van der Waals surface area (Å²) in [4.78, 5) is 32.5. The van der Waals surface area contributed by atoms with E-state index in [9.17, 15) is 4.79 Å². The highest BCUT2D eigenvalue weighted by molar-refractivity contribution is 6.02. The van der Waals surface area contributed by atoms with Crippen molar-refractivity contribution >= 4 is 11.6 Å². The summed E-state index contributed by atoms with van der Waals surface area (Å²) in [5, 5.41) is 2.75. The van der Waals surface area contributed by atoms with Crippen LogP contribution in [0, 0.1) is 6.92 Å². The standard InChI is InChI=1S/C19H15N7O2/c1-13-21-8-9-26(13)17-10-18(24-12-23-17)28-15-4-2-14(3-5-15)25-19(27)16-11-20-6-7-22-16/h2-12H,1H3,(H,25,27). The second-order valence-electron chi connectivity index (χ2n) is 5.73. The number of amides is 1. The number of benzene rings is 1. The number of rotatable bonds is 5. The number of nitrogens with zero attached hydrogens (tertiary/aromatic N) is 6. The first-order chi connectivity index (χ1) is 13.7. The molecule has 4 aromatic rings. The summed E-state index contributed by atoms with van der Waals surface area (Å²) in [5.41, 5.74) is 0.853. The van der Waals surface area contributed by atoms with Gasteiger partial charge in [-0.1, -0.05) is 0 Å². The zero-order chi connectivity index (χ0) is 19.3. The highest BCUT2D eigenvalue weighted by atomic mass is 16.5. The van der Waals surface area contributed by atoms with Gasteiger partial charge in [0, 0.05) is 36.5 Å². The number of ether oxygens (including phenoxy) is 1. The molecule has 28 heavy (non-hydrogen) atoms. The lowest BCUT2D eigenvalue weighted by molar-refractivity contribution is 0.102. The van der Waals surface area contributed by atoms with Crippen LogP contribution in [0.1, 0.15) is 16.3 Å². The smallest absolute Gasteiger partial charge is 0.275 e. The first kappa shape index (κ1) is 17.3. The number of imidazole rings is 1. The van der Waals surface area contributed by atoms with Crippen LogP contribution in [-0.4, -0.2) is 35.4 Å². The van der Waals surface area contributed by atoms with Gasteiger partial charge in [-0.3, -0.25) is 14.3 Å². The number of nitrogens with one attached hydrogen (secondary N) is 1. The van der Waals surface area contributed by atoms with Crippen molar-refractivity contribution in [3.8, 4) is 17.4 Å². The molecule has 0 fully saturated rings. The Morgan fingerprint density at radius 1 is 1.04 bits per heavy atom. The van der Waals surface area contributed by atoms with Crippen molar-refractivity contribution in [1.82, 2.24) is 29.5 Å². The van der Waals surface area contributed by atoms with Crippen LogP contribution in [0.15, 0.2) is 67.6 Å². The van der Waals surface area contributed by atoms with Gasteiger partial charge < -0.3 is 10.1 Å². The molecule has 0 aliphatic rings. The molecule has 0 bridgehead atoms. The number of carbonyl (C=O) groups excluding carboxylic acids is 1. The Hall–Kier alpha value is -4.14. The van der Waals surface area contributed by atoms with Gasteiger partial charge in [0.2, 0.25) is 5.88 Å². The largest absolute Gasteiger partial charge is 0.439 e. The minimum absolute atomic E-state index is 0.242. The average molecular weight is 373 g/mol. The number of hydrogen-bond donors (Lipinski definition) is 1. The molecule has 0 spiro atoms. The number of aryl methyl sites for hydroxylation is 1. The third-order valence-corrected chi connectivity index (χ3v) is 3.83. The molecule has 9 nitrogen and oxygen atoms in total. The van der Waals surface area contributed by atoms with E-state index in [1.165, 1.54) is 24.9 Å². The van der Waals surface area contributed by atoms with E-state index in [0.717, 1.165) is 5.82 Å². The zero-order valence-electron chi connectivity index (χ0n) is 14.9. The van der Waals surface area contributed by atoms with Crippen LogP contribution in [0.3, 0.4) is 0 Å². The number of carbonyl (C=O) groups is 1. The SMILES string of the molecule is Cc1nccn1-c1cc(Oc2ccc(NC(=O)c3cnccn3)cc2)ncn1. The molecule has 3 aromatic heterocycles. The average Bonchev–Trinajstić information content (AvgIpc) is 3.16. The zero-order valence-corrected chi connectivity index (χ0v) is 14.9. The van der Waals surface area contributed by atoms with E-state index >= 15 is 0 Å². The van der Waals surface area contributed by atoms with E-state index in [0.29, 0.717) is 23.1 Å². The fourth-order valence-electron chi connectivity index (χ4n) is 2.48. The van der Waals surface area contributed by atoms with E-state index in [4.69, 9.17) is 4.74 Å². The molecule has 0 saturated carbocycles. The maximum Gasteiger partial charge on any atom is 0.275 e. The van der Waals surface area contributed by atoms with Crippen LogP contribution in [0.4, 0.5) is 5.69 Å². The molecular weight excluding hydrogens is 358 g/mol. The van der Waals surface area contributed by atoms with E-state index in [2.05, 4.69) is 30.2 Å². The van der Waals surface area contributed by atoms with Gasteiger partial charge >= 0.3 is 0 Å². The molecule has 1 N–H and O–H groups in total. The van der Waals surface area contributed by atoms with Crippen molar-refractivity contribution in [2.24, 2.45) is 0 Å². The monoisotopic (exact) mass is 373 g/mol. The third-order valence-electron chi connectivity index (χ3n) is 3.83. The minimum atomic E-state index is -0.335. The first-order valence-electron chi connectivity index (χ1n) is 8.37. The van der Waals surface area contributed by atoms with Crippen molar-refractivity contribution in [3.05, 3.63) is 79.2 Å². The highest BCUT2D eigenvalue weighted by Crippen LogP contribution is 2.22. The molecule has 1 amide bonds. The lowest BCUT2D eigenvalue weighted by Gasteiger charge is -2.09. The van der Waals surface area contributed by atoms with Gasteiger partial charge in [0.05, 0.1) is 6.20 Å². The van der Waals surface area contributed by atoms with Gasteiger partial charge in [-0.15, -0.1) is 0 Å². The van der Waals surface area contributed by atoms with Crippen molar-refractivity contribution in [1.29, 1.82) is 0 Å². The van der Waals surface area contributed by atoms with Gasteiger partial charge in [-0.05, 0) is 31.2 Å². The van der Waals surface area contributed by atoms with E-state index in [1.54, 1.807) is 36.5 Å². The topological polar surface area (TPSA) is 108 Å². The van der Waals surface area contributed by atoms with Gasteiger partial charge in [-0.2, -0.15) is 0 Å². The molecule has 0 aliphatic heterocycles. The van der Waals surface area contributed by atoms with E-state index in [-0.39, 0.29) is 11.6 Å². The maximum atomic E-state index is 12.1. The Morgan fingerprint density at radius 3 is 2.61 bits per heavy atom. The van der Waals surface area contributed by atoms with Gasteiger partial charge in [0.15, 0.2) is 0 Å². The predicted octanol–water partition coefficient (Wildman–Crippen LogP) is 2.81. The first-order valence-corrected chi connectivity index (χ1v) is 8.37. The Morgan fingerprint density at radius 2 is 1.89 bits per heavy atom. The molecule has 1 aromatic carbocycles. The van der Waals surface area contributed by atoms with Crippen molar-refractivity contribution < 1.29 is 9.53 Å². The second-order valence-corrected chi connectivity index (χ2v) is 5.73. The number of anilines is 1. The van der Waals surface area contributed by atoms with Crippen LogP contribution in [0.2, 0.25) is 0 Å². The van der Waals surface area contributed by atoms with Crippen molar-refractivity contribution in [2.45, 2.75) is 6.92 Å². The number of hydrogen-bond acceptors (Lipinski definition) is 7. The molecule has 0 unspecified atom stereocenters. The van der Waals surface area contributed by atoms with E-state index in [1.807, 2.05) is 17.7 Å². The predicted molar refractivity (Wildman–Crippen MR) is 100 cm³/mol. The lowest BCUT2D eigenvalue weighted by atomic mass is 10.3. The summed E-state index contributed by atoms with van der Waals surface area (Å²) < 4.78 is 7.61. The normalized spacial score (nSPS) is 10.5. The van der Waals surface area contributed by atoms with Crippen molar-refractivity contribution in [3.63, 3.8) is 0 Å². The highest BCUT2D eigenvalue weighted by Gasteiger charge is 2.08. The third kappa shape index (κ3) is 3.83.